The van der Waals surface area contributed by atoms with E-state index in [1.165, 1.54) is 19.3 Å². The van der Waals surface area contributed by atoms with E-state index in [1.54, 1.807) is 7.05 Å². The molecule has 152 valence electrons. The summed E-state index contributed by atoms with van der Waals surface area (Å²) >= 11 is 0. The highest BCUT2D eigenvalue weighted by Gasteiger charge is 2.50. The summed E-state index contributed by atoms with van der Waals surface area (Å²) in [6.07, 6.45) is 4.36. The summed E-state index contributed by atoms with van der Waals surface area (Å²) in [6.45, 7) is 3.58. The van der Waals surface area contributed by atoms with Gasteiger partial charge in [0, 0.05) is 39.3 Å². The molecule has 2 aliphatic rings. The third-order valence-electron chi connectivity index (χ3n) is 4.82. The summed E-state index contributed by atoms with van der Waals surface area (Å²) < 4.78 is 61.1. The zero-order valence-electron chi connectivity index (χ0n) is 15.1. The van der Waals surface area contributed by atoms with Gasteiger partial charge in [0.2, 0.25) is 0 Å². The first-order chi connectivity index (χ1) is 12.2. The van der Waals surface area contributed by atoms with Gasteiger partial charge in [-0.05, 0) is 38.8 Å². The monoisotopic (exact) mass is 399 g/mol. The summed E-state index contributed by atoms with van der Waals surface area (Å²) in [4.78, 5) is 6.53. The molecule has 0 amide bonds. The zero-order valence-corrected chi connectivity index (χ0v) is 15.9. The van der Waals surface area contributed by atoms with Crippen LogP contribution in [-0.2, 0) is 10.0 Å². The lowest BCUT2D eigenvalue weighted by molar-refractivity contribution is -0.0494. The highest BCUT2D eigenvalue weighted by atomic mass is 32.2. The first kappa shape index (κ1) is 21.2. The van der Waals surface area contributed by atoms with Gasteiger partial charge in [-0.25, -0.2) is 8.42 Å². The number of sulfonamides is 1. The van der Waals surface area contributed by atoms with E-state index >= 15 is 0 Å². The van der Waals surface area contributed by atoms with E-state index < -0.39 is 15.5 Å². The summed E-state index contributed by atoms with van der Waals surface area (Å²) in [7, 11) is -3.59. The molecule has 0 aliphatic carbocycles. The van der Waals surface area contributed by atoms with Crippen LogP contribution in [0.2, 0.25) is 0 Å². The van der Waals surface area contributed by atoms with Crippen LogP contribution in [-0.4, -0.2) is 81.4 Å². The Bertz CT molecular complexity index is 568. The maximum atomic E-state index is 12.6. The zero-order chi connectivity index (χ0) is 19.2. The lowest BCUT2D eigenvalue weighted by Gasteiger charge is -2.32. The van der Waals surface area contributed by atoms with Gasteiger partial charge in [0.05, 0.1) is 0 Å². The smallest absolute Gasteiger partial charge is 0.355 e. The fraction of sp³-hybridized carbons (Fsp3) is 0.933. The van der Waals surface area contributed by atoms with Gasteiger partial charge < -0.3 is 15.5 Å². The van der Waals surface area contributed by atoms with Crippen LogP contribution >= 0.6 is 0 Å². The number of nitrogens with one attached hydrogen (secondary N) is 2. The summed E-state index contributed by atoms with van der Waals surface area (Å²) in [5.41, 5.74) is -5.24. The third-order valence-corrected chi connectivity index (χ3v) is 6.45. The first-order valence-electron chi connectivity index (χ1n) is 9.00. The number of hydrogen-bond donors (Lipinski definition) is 2. The molecule has 11 heteroatoms. The molecular formula is C15H28F3N5O2S. The van der Waals surface area contributed by atoms with E-state index in [2.05, 4.69) is 20.5 Å². The Kier molecular flexibility index (Phi) is 7.53. The number of likely N-dealkylation sites (tertiary alicyclic amines) is 1. The van der Waals surface area contributed by atoms with Crippen molar-refractivity contribution in [3.8, 4) is 0 Å². The molecule has 0 aromatic heterocycles. The molecule has 0 atom stereocenters. The normalized spacial score (nSPS) is 22.4. The van der Waals surface area contributed by atoms with Gasteiger partial charge in [0.1, 0.15) is 0 Å². The molecule has 2 N–H and O–H groups in total. The second-order valence-corrected chi connectivity index (χ2v) is 8.60. The van der Waals surface area contributed by atoms with Crippen molar-refractivity contribution < 1.29 is 21.6 Å². The summed E-state index contributed by atoms with van der Waals surface area (Å²) in [6, 6.07) is -0.101. The molecule has 26 heavy (non-hydrogen) atoms. The Morgan fingerprint density at radius 1 is 1.12 bits per heavy atom. The molecule has 7 nitrogen and oxygen atoms in total. The van der Waals surface area contributed by atoms with Crippen molar-refractivity contribution >= 4 is 16.0 Å². The minimum atomic E-state index is -5.24. The van der Waals surface area contributed by atoms with Gasteiger partial charge in [0.15, 0.2) is 5.96 Å². The Morgan fingerprint density at radius 3 is 2.27 bits per heavy atom. The standard InChI is InChI=1S/C15H28F3N5O2S/c1-19-14(20-7-12-22-8-3-2-4-9-22)21-13-5-10-23(11-6-13)26(24,25)15(16,17)18/h13H,2-12H2,1H3,(H2,19,20,21). The van der Waals surface area contributed by atoms with Crippen molar-refractivity contribution in [3.05, 3.63) is 0 Å². The minimum Gasteiger partial charge on any atom is -0.355 e. The molecule has 2 aliphatic heterocycles. The molecule has 0 radical (unpaired) electrons. The van der Waals surface area contributed by atoms with E-state index in [0.29, 0.717) is 23.1 Å². The van der Waals surface area contributed by atoms with Gasteiger partial charge >= 0.3 is 15.5 Å². The van der Waals surface area contributed by atoms with Gasteiger partial charge in [-0.15, -0.1) is 0 Å². The van der Waals surface area contributed by atoms with Crippen LogP contribution in [0.15, 0.2) is 4.99 Å². The molecule has 0 aromatic carbocycles. The molecule has 0 aromatic rings. The van der Waals surface area contributed by atoms with E-state index in [1.807, 2.05) is 0 Å². The predicted octanol–water partition coefficient (Wildman–Crippen LogP) is 0.951. The highest BCUT2D eigenvalue weighted by Crippen LogP contribution is 2.28. The predicted molar refractivity (Wildman–Crippen MR) is 94.4 cm³/mol. The molecule has 0 bridgehead atoms. The van der Waals surface area contributed by atoms with Crippen molar-refractivity contribution in [1.82, 2.24) is 19.8 Å². The number of nitrogens with zero attached hydrogens (tertiary/aromatic N) is 3. The topological polar surface area (TPSA) is 77.0 Å². The number of aliphatic imine (C=N–C) groups is 1. The molecule has 2 rings (SSSR count). The third kappa shape index (κ3) is 5.71. The van der Waals surface area contributed by atoms with Crippen LogP contribution in [0.25, 0.3) is 0 Å². The molecule has 2 saturated heterocycles. The van der Waals surface area contributed by atoms with Gasteiger partial charge in [-0.2, -0.15) is 17.5 Å². The van der Waals surface area contributed by atoms with Crippen LogP contribution in [0.3, 0.4) is 0 Å². The minimum absolute atomic E-state index is 0.101. The molecule has 2 fully saturated rings. The average Bonchev–Trinajstić information content (AvgIpc) is 2.61. The lowest BCUT2D eigenvalue weighted by Crippen LogP contribution is -2.52. The number of hydrogen-bond acceptors (Lipinski definition) is 4. The van der Waals surface area contributed by atoms with Gasteiger partial charge in [-0.1, -0.05) is 6.42 Å². The number of piperidine rings is 2. The Morgan fingerprint density at radius 2 is 1.73 bits per heavy atom. The molecule has 2 heterocycles. The molecule has 0 spiro atoms. The Hall–Kier alpha value is -1.07. The van der Waals surface area contributed by atoms with E-state index in [0.717, 1.165) is 26.2 Å². The summed E-state index contributed by atoms with van der Waals surface area (Å²) in [5, 5.41) is 6.39. The van der Waals surface area contributed by atoms with E-state index in [-0.39, 0.29) is 19.1 Å². The van der Waals surface area contributed by atoms with Crippen LogP contribution in [0.4, 0.5) is 13.2 Å². The van der Waals surface area contributed by atoms with Crippen molar-refractivity contribution in [3.63, 3.8) is 0 Å². The van der Waals surface area contributed by atoms with Gasteiger partial charge in [-0.3, -0.25) is 4.99 Å². The first-order valence-corrected chi connectivity index (χ1v) is 10.4. The summed E-state index contributed by atoms with van der Waals surface area (Å²) in [5.74, 6) is 0.596. The molecule has 0 unspecified atom stereocenters. The van der Waals surface area contributed by atoms with Crippen LogP contribution in [0.5, 0.6) is 0 Å². The van der Waals surface area contributed by atoms with Gasteiger partial charge in [0.25, 0.3) is 0 Å². The number of alkyl halides is 3. The Balaban J connectivity index is 1.73. The van der Waals surface area contributed by atoms with Crippen molar-refractivity contribution in [2.24, 2.45) is 4.99 Å². The number of halogens is 3. The van der Waals surface area contributed by atoms with Crippen molar-refractivity contribution in [2.45, 2.75) is 43.7 Å². The van der Waals surface area contributed by atoms with Crippen LogP contribution in [0, 0.1) is 0 Å². The molecule has 0 saturated carbocycles. The fourth-order valence-corrected chi connectivity index (χ4v) is 4.27. The largest absolute Gasteiger partial charge is 0.511 e. The second kappa shape index (κ2) is 9.23. The number of guanidine groups is 1. The highest BCUT2D eigenvalue weighted by molar-refractivity contribution is 7.90. The lowest BCUT2D eigenvalue weighted by atomic mass is 10.1. The van der Waals surface area contributed by atoms with Crippen molar-refractivity contribution in [2.75, 3.05) is 46.3 Å². The quantitative estimate of drug-likeness (QED) is 0.532. The van der Waals surface area contributed by atoms with Crippen LogP contribution in [0.1, 0.15) is 32.1 Å². The maximum Gasteiger partial charge on any atom is 0.511 e. The van der Waals surface area contributed by atoms with Crippen molar-refractivity contribution in [1.29, 1.82) is 0 Å². The average molecular weight is 399 g/mol. The maximum absolute atomic E-state index is 12.6. The Labute approximate surface area is 153 Å². The molecular weight excluding hydrogens is 371 g/mol. The van der Waals surface area contributed by atoms with E-state index in [4.69, 9.17) is 0 Å². The fourth-order valence-electron chi connectivity index (χ4n) is 3.29. The SMILES string of the molecule is CN=C(NCCN1CCCCC1)NC1CCN(S(=O)(=O)C(F)(F)F)CC1. The number of rotatable bonds is 5. The van der Waals surface area contributed by atoms with Crippen LogP contribution < -0.4 is 10.6 Å². The second-order valence-electron chi connectivity index (χ2n) is 6.67. The van der Waals surface area contributed by atoms with E-state index in [9.17, 15) is 21.6 Å².